The van der Waals surface area contributed by atoms with Crippen LogP contribution in [0.15, 0.2) is 58.1 Å². The van der Waals surface area contributed by atoms with Gasteiger partial charge in [0.05, 0.1) is 5.69 Å². The number of anilines is 1. The van der Waals surface area contributed by atoms with Gasteiger partial charge < -0.3 is 5.32 Å². The molecule has 0 aliphatic carbocycles. The first-order chi connectivity index (χ1) is 11.3. The summed E-state index contributed by atoms with van der Waals surface area (Å²) in [6, 6.07) is 13.0. The standard InChI is InChI=1S/C17H11N3OS2/c18-9-13(16(21)19-14-4-2-1-3-5-14)8-15-11-23-17(20-15)12-6-7-22-10-12/h1-8,10-11H,(H,19,21). The molecule has 0 radical (unpaired) electrons. The van der Waals surface area contributed by atoms with Crippen LogP contribution in [-0.4, -0.2) is 10.9 Å². The molecule has 2 heterocycles. The Bertz CT molecular complexity index is 874. The molecule has 0 saturated heterocycles. The predicted molar refractivity (Wildman–Crippen MR) is 94.1 cm³/mol. The minimum Gasteiger partial charge on any atom is -0.321 e. The minimum atomic E-state index is -0.441. The zero-order chi connectivity index (χ0) is 16.1. The largest absolute Gasteiger partial charge is 0.321 e. The third-order valence-corrected chi connectivity index (χ3v) is 4.57. The first kappa shape index (κ1) is 15.2. The summed E-state index contributed by atoms with van der Waals surface area (Å²) in [7, 11) is 0. The number of amides is 1. The van der Waals surface area contributed by atoms with E-state index >= 15 is 0 Å². The van der Waals surface area contributed by atoms with Gasteiger partial charge in [-0.15, -0.1) is 11.3 Å². The third-order valence-electron chi connectivity index (χ3n) is 2.98. The lowest BCUT2D eigenvalue weighted by molar-refractivity contribution is -0.112. The van der Waals surface area contributed by atoms with Gasteiger partial charge in [-0.25, -0.2) is 4.98 Å². The van der Waals surface area contributed by atoms with Crippen molar-refractivity contribution in [2.75, 3.05) is 5.32 Å². The molecule has 1 amide bonds. The number of hydrogen-bond acceptors (Lipinski definition) is 5. The highest BCUT2D eigenvalue weighted by Crippen LogP contribution is 2.26. The van der Waals surface area contributed by atoms with Gasteiger partial charge in [-0.05, 0) is 29.7 Å². The monoisotopic (exact) mass is 337 g/mol. The lowest BCUT2D eigenvalue weighted by atomic mass is 10.2. The van der Waals surface area contributed by atoms with E-state index in [-0.39, 0.29) is 5.57 Å². The minimum absolute atomic E-state index is 0.0241. The Kier molecular flexibility index (Phi) is 4.62. The highest BCUT2D eigenvalue weighted by Gasteiger charge is 2.11. The fourth-order valence-corrected chi connectivity index (χ4v) is 3.38. The molecule has 0 saturated carbocycles. The number of aromatic nitrogens is 1. The van der Waals surface area contributed by atoms with Gasteiger partial charge in [0, 0.05) is 22.0 Å². The second-order valence-corrected chi connectivity index (χ2v) is 6.22. The molecular formula is C17H11N3OS2. The van der Waals surface area contributed by atoms with Gasteiger partial charge in [0.2, 0.25) is 0 Å². The molecule has 112 valence electrons. The van der Waals surface area contributed by atoms with Gasteiger partial charge in [-0.3, -0.25) is 4.79 Å². The van der Waals surface area contributed by atoms with Crippen LogP contribution in [0.4, 0.5) is 5.69 Å². The summed E-state index contributed by atoms with van der Waals surface area (Å²) in [4.78, 5) is 16.6. The van der Waals surface area contributed by atoms with Crippen LogP contribution < -0.4 is 5.32 Å². The van der Waals surface area contributed by atoms with Crippen LogP contribution in [-0.2, 0) is 4.79 Å². The Hall–Kier alpha value is -2.75. The molecular weight excluding hydrogens is 326 g/mol. The van der Waals surface area contributed by atoms with Gasteiger partial charge >= 0.3 is 0 Å². The first-order valence-corrected chi connectivity index (χ1v) is 8.55. The van der Waals surface area contributed by atoms with Crippen molar-refractivity contribution < 1.29 is 4.79 Å². The number of carbonyl (C=O) groups is 1. The highest BCUT2D eigenvalue weighted by molar-refractivity contribution is 7.14. The molecule has 0 fully saturated rings. The Morgan fingerprint density at radius 1 is 1.22 bits per heavy atom. The Morgan fingerprint density at radius 3 is 2.74 bits per heavy atom. The predicted octanol–water partition coefficient (Wildman–Crippen LogP) is 4.42. The van der Waals surface area contributed by atoms with Gasteiger partial charge in [-0.2, -0.15) is 16.6 Å². The molecule has 4 nitrogen and oxygen atoms in total. The Morgan fingerprint density at radius 2 is 2.04 bits per heavy atom. The van der Waals surface area contributed by atoms with Gasteiger partial charge in [-0.1, -0.05) is 18.2 Å². The fraction of sp³-hybridized carbons (Fsp3) is 0. The smallest absolute Gasteiger partial charge is 0.266 e. The van der Waals surface area contributed by atoms with Crippen LogP contribution in [0, 0.1) is 11.3 Å². The molecule has 0 unspecified atom stereocenters. The third kappa shape index (κ3) is 3.72. The average molecular weight is 337 g/mol. The Balaban J connectivity index is 1.79. The highest BCUT2D eigenvalue weighted by atomic mass is 32.1. The number of rotatable bonds is 4. The van der Waals surface area contributed by atoms with Crippen LogP contribution >= 0.6 is 22.7 Å². The second-order valence-electron chi connectivity index (χ2n) is 4.58. The summed E-state index contributed by atoms with van der Waals surface area (Å²) in [5.41, 5.74) is 2.33. The normalized spacial score (nSPS) is 11.0. The molecule has 0 spiro atoms. The molecule has 0 aliphatic rings. The second kappa shape index (κ2) is 7.01. The number of carbonyl (C=O) groups excluding carboxylic acids is 1. The number of thiophene rings is 1. The summed E-state index contributed by atoms with van der Waals surface area (Å²) in [5.74, 6) is -0.441. The average Bonchev–Trinajstić information content (AvgIpc) is 3.24. The van der Waals surface area contributed by atoms with Crippen LogP contribution in [0.3, 0.4) is 0 Å². The number of nitrogens with zero attached hydrogens (tertiary/aromatic N) is 2. The topological polar surface area (TPSA) is 65.8 Å². The molecule has 6 heteroatoms. The SMILES string of the molecule is N#CC(=Cc1csc(-c2ccsc2)n1)C(=O)Nc1ccccc1. The van der Waals surface area contributed by atoms with Crippen molar-refractivity contribution in [2.24, 2.45) is 0 Å². The molecule has 0 bridgehead atoms. The zero-order valence-electron chi connectivity index (χ0n) is 11.9. The molecule has 0 aliphatic heterocycles. The van der Waals surface area contributed by atoms with Crippen molar-refractivity contribution >= 4 is 40.3 Å². The van der Waals surface area contributed by atoms with Crippen molar-refractivity contribution in [1.82, 2.24) is 4.98 Å². The zero-order valence-corrected chi connectivity index (χ0v) is 13.5. The van der Waals surface area contributed by atoms with E-state index in [1.807, 2.05) is 46.5 Å². The number of para-hydroxylation sites is 1. The van der Waals surface area contributed by atoms with Crippen molar-refractivity contribution in [1.29, 1.82) is 5.26 Å². The van der Waals surface area contributed by atoms with E-state index in [2.05, 4.69) is 10.3 Å². The van der Waals surface area contributed by atoms with E-state index in [1.54, 1.807) is 23.5 Å². The maximum absolute atomic E-state index is 12.2. The van der Waals surface area contributed by atoms with E-state index in [0.29, 0.717) is 11.4 Å². The number of thiazole rings is 1. The van der Waals surface area contributed by atoms with Crippen LogP contribution in [0.5, 0.6) is 0 Å². The summed E-state index contributed by atoms with van der Waals surface area (Å²) in [6.07, 6.45) is 1.50. The quantitative estimate of drug-likeness (QED) is 0.566. The van der Waals surface area contributed by atoms with Crippen LogP contribution in [0.25, 0.3) is 16.6 Å². The number of hydrogen-bond donors (Lipinski definition) is 1. The Labute approximate surface area is 141 Å². The molecule has 0 atom stereocenters. The summed E-state index contributed by atoms with van der Waals surface area (Å²) >= 11 is 3.09. The maximum atomic E-state index is 12.2. The lowest BCUT2D eigenvalue weighted by Gasteiger charge is -2.02. The molecule has 1 aromatic carbocycles. The van der Waals surface area contributed by atoms with Crippen molar-refractivity contribution in [2.45, 2.75) is 0 Å². The molecule has 3 rings (SSSR count). The number of nitrogens with one attached hydrogen (secondary N) is 1. The van der Waals surface area contributed by atoms with Crippen molar-refractivity contribution in [3.63, 3.8) is 0 Å². The van der Waals surface area contributed by atoms with Crippen molar-refractivity contribution in [3.8, 4) is 16.6 Å². The van der Waals surface area contributed by atoms with E-state index < -0.39 is 5.91 Å². The van der Waals surface area contributed by atoms with E-state index in [1.165, 1.54) is 17.4 Å². The summed E-state index contributed by atoms with van der Waals surface area (Å²) in [6.45, 7) is 0. The summed E-state index contributed by atoms with van der Waals surface area (Å²) in [5, 5.41) is 18.6. The number of benzene rings is 1. The molecule has 3 aromatic rings. The van der Waals surface area contributed by atoms with Crippen LogP contribution in [0.2, 0.25) is 0 Å². The molecule has 1 N–H and O–H groups in total. The van der Waals surface area contributed by atoms with Gasteiger partial charge in [0.15, 0.2) is 0 Å². The van der Waals surface area contributed by atoms with E-state index in [0.717, 1.165) is 10.6 Å². The first-order valence-electron chi connectivity index (χ1n) is 6.72. The lowest BCUT2D eigenvalue weighted by Crippen LogP contribution is -2.13. The van der Waals surface area contributed by atoms with E-state index in [9.17, 15) is 10.1 Å². The molecule has 2 aromatic heterocycles. The van der Waals surface area contributed by atoms with Gasteiger partial charge in [0.25, 0.3) is 5.91 Å². The maximum Gasteiger partial charge on any atom is 0.266 e. The summed E-state index contributed by atoms with van der Waals surface area (Å²) < 4.78 is 0. The van der Waals surface area contributed by atoms with E-state index in [4.69, 9.17) is 0 Å². The van der Waals surface area contributed by atoms with Gasteiger partial charge in [0.1, 0.15) is 16.6 Å². The number of nitriles is 1. The molecule has 23 heavy (non-hydrogen) atoms. The van der Waals surface area contributed by atoms with Crippen molar-refractivity contribution in [3.05, 3.63) is 63.8 Å². The fourth-order valence-electron chi connectivity index (χ4n) is 1.89. The van der Waals surface area contributed by atoms with Crippen LogP contribution in [0.1, 0.15) is 5.69 Å².